The maximum Gasteiger partial charge on any atom is 0.426 e. The molecule has 0 bridgehead atoms. The summed E-state index contributed by atoms with van der Waals surface area (Å²) in [5, 5.41) is 0. The van der Waals surface area contributed by atoms with E-state index in [0.717, 1.165) is 13.2 Å². The minimum absolute atomic E-state index is 0.474. The number of hydrogen-bond acceptors (Lipinski definition) is 4. The van der Waals surface area contributed by atoms with Crippen molar-refractivity contribution >= 4 is 0 Å². The zero-order valence-electron chi connectivity index (χ0n) is 9.87. The molecule has 2 aromatic rings. The number of ether oxygens (including phenoxy) is 1. The highest BCUT2D eigenvalue weighted by Crippen LogP contribution is 2.37. The smallest absolute Gasteiger partial charge is 0.426 e. The summed E-state index contributed by atoms with van der Waals surface area (Å²) in [5.74, 6) is -4.42. The van der Waals surface area contributed by atoms with Crippen molar-refractivity contribution < 1.29 is 26.7 Å². The fourth-order valence-electron chi connectivity index (χ4n) is 1.46. The van der Waals surface area contributed by atoms with Gasteiger partial charge in [-0.1, -0.05) is 0 Å². The second-order valence-corrected chi connectivity index (χ2v) is 3.55. The predicted molar refractivity (Wildman–Crippen MR) is 56.7 cm³/mol. The van der Waals surface area contributed by atoms with E-state index in [1.807, 2.05) is 0 Å². The van der Waals surface area contributed by atoms with Gasteiger partial charge in [-0.15, -0.1) is 0 Å². The second kappa shape index (κ2) is 4.99. The molecule has 0 aliphatic heterocycles. The Kier molecular flexibility index (Phi) is 3.51. The summed E-state index contributed by atoms with van der Waals surface area (Å²) >= 11 is 0. The molecule has 9 heteroatoms. The van der Waals surface area contributed by atoms with Crippen molar-refractivity contribution in [3.63, 3.8) is 0 Å². The number of methoxy groups -OCH3 is 1. The van der Waals surface area contributed by atoms with E-state index in [0.29, 0.717) is 0 Å². The lowest BCUT2D eigenvalue weighted by atomic mass is 10.2. The van der Waals surface area contributed by atoms with E-state index in [1.165, 1.54) is 12.3 Å². The summed E-state index contributed by atoms with van der Waals surface area (Å²) in [5.41, 5.74) is -2.22. The van der Waals surface area contributed by atoms with E-state index in [9.17, 15) is 22.0 Å². The van der Waals surface area contributed by atoms with E-state index in [-0.39, 0.29) is 0 Å². The fourth-order valence-corrected chi connectivity index (χ4v) is 1.46. The normalized spacial score (nSPS) is 11.5. The van der Waals surface area contributed by atoms with Gasteiger partial charge in [-0.2, -0.15) is 27.5 Å². The molecule has 2 heterocycles. The lowest BCUT2D eigenvalue weighted by molar-refractivity contribution is -0.142. The van der Waals surface area contributed by atoms with E-state index < -0.39 is 40.9 Å². The topological polar surface area (TPSA) is 47.9 Å². The average Bonchev–Trinajstić information content (AvgIpc) is 2.36. The Hall–Kier alpha value is -2.32. The largest absolute Gasteiger partial charge is 0.480 e. The van der Waals surface area contributed by atoms with Crippen LogP contribution >= 0.6 is 0 Å². The number of nitrogens with zero attached hydrogens (tertiary/aromatic N) is 3. The van der Waals surface area contributed by atoms with Crippen molar-refractivity contribution in [1.82, 2.24) is 15.0 Å². The SMILES string of the molecule is COc1nc(-c2ncccc2F)nc(F)c1C(F)(F)F. The molecule has 0 saturated carbocycles. The third kappa shape index (κ3) is 2.51. The van der Waals surface area contributed by atoms with Crippen molar-refractivity contribution in [3.05, 3.63) is 35.7 Å². The Bertz CT molecular complexity index is 644. The number of hydrogen-bond donors (Lipinski definition) is 0. The van der Waals surface area contributed by atoms with E-state index in [4.69, 9.17) is 0 Å². The second-order valence-electron chi connectivity index (χ2n) is 3.55. The van der Waals surface area contributed by atoms with Gasteiger partial charge in [0.2, 0.25) is 11.8 Å². The molecule has 0 aliphatic rings. The van der Waals surface area contributed by atoms with Crippen LogP contribution in [-0.4, -0.2) is 22.1 Å². The van der Waals surface area contributed by atoms with Crippen LogP contribution in [0.2, 0.25) is 0 Å². The molecule has 2 aromatic heterocycles. The van der Waals surface area contributed by atoms with Gasteiger partial charge >= 0.3 is 6.18 Å². The molecular weight excluding hydrogens is 285 g/mol. The summed E-state index contributed by atoms with van der Waals surface area (Å²) in [6, 6.07) is 2.25. The third-order valence-electron chi connectivity index (χ3n) is 2.28. The van der Waals surface area contributed by atoms with E-state index in [2.05, 4.69) is 19.7 Å². The molecule has 0 aliphatic carbocycles. The molecule has 0 spiro atoms. The van der Waals surface area contributed by atoms with Crippen LogP contribution in [0.3, 0.4) is 0 Å². The molecule has 0 saturated heterocycles. The molecule has 0 aromatic carbocycles. The first kappa shape index (κ1) is 14.1. The van der Waals surface area contributed by atoms with Gasteiger partial charge in [0.1, 0.15) is 5.69 Å². The van der Waals surface area contributed by atoms with Crippen molar-refractivity contribution in [2.45, 2.75) is 6.18 Å². The number of aromatic nitrogens is 3. The lowest BCUT2D eigenvalue weighted by Crippen LogP contribution is -2.14. The van der Waals surface area contributed by atoms with Gasteiger partial charge in [0, 0.05) is 6.20 Å². The zero-order chi connectivity index (χ0) is 14.9. The monoisotopic (exact) mass is 291 g/mol. The third-order valence-corrected chi connectivity index (χ3v) is 2.28. The standard InChI is InChI=1S/C11H6F5N3O/c1-20-10-6(11(14,15)16)8(13)18-9(19-10)7-5(12)3-2-4-17-7/h2-4H,1H3. The summed E-state index contributed by atoms with van der Waals surface area (Å²) in [6.45, 7) is 0. The molecule has 0 unspecified atom stereocenters. The van der Waals surface area contributed by atoms with Crippen molar-refractivity contribution in [3.8, 4) is 17.4 Å². The van der Waals surface area contributed by atoms with Crippen LogP contribution in [0.4, 0.5) is 22.0 Å². The van der Waals surface area contributed by atoms with E-state index >= 15 is 0 Å². The molecule has 4 nitrogen and oxygen atoms in total. The molecule has 0 radical (unpaired) electrons. The lowest BCUT2D eigenvalue weighted by Gasteiger charge is -2.12. The highest BCUT2D eigenvalue weighted by Gasteiger charge is 2.40. The number of alkyl halides is 3. The van der Waals surface area contributed by atoms with Gasteiger partial charge < -0.3 is 4.74 Å². The van der Waals surface area contributed by atoms with Gasteiger partial charge in [0.25, 0.3) is 0 Å². The van der Waals surface area contributed by atoms with Crippen molar-refractivity contribution in [2.75, 3.05) is 7.11 Å². The fraction of sp³-hybridized carbons (Fsp3) is 0.182. The molecule has 0 atom stereocenters. The average molecular weight is 291 g/mol. The molecule has 0 amide bonds. The highest BCUT2D eigenvalue weighted by molar-refractivity contribution is 5.51. The molecule has 106 valence electrons. The summed E-state index contributed by atoms with van der Waals surface area (Å²) in [4.78, 5) is 9.91. The minimum Gasteiger partial charge on any atom is -0.480 e. The first-order valence-electron chi connectivity index (χ1n) is 5.14. The zero-order valence-corrected chi connectivity index (χ0v) is 9.87. The van der Waals surface area contributed by atoms with Crippen LogP contribution in [0.15, 0.2) is 18.3 Å². The molecule has 0 fully saturated rings. The Morgan fingerprint density at radius 1 is 1.15 bits per heavy atom. The van der Waals surface area contributed by atoms with Gasteiger partial charge in [-0.05, 0) is 12.1 Å². The first-order chi connectivity index (χ1) is 9.34. The Morgan fingerprint density at radius 2 is 1.85 bits per heavy atom. The van der Waals surface area contributed by atoms with Crippen molar-refractivity contribution in [1.29, 1.82) is 0 Å². The van der Waals surface area contributed by atoms with Crippen LogP contribution in [0.5, 0.6) is 5.88 Å². The number of pyridine rings is 1. The van der Waals surface area contributed by atoms with Crippen LogP contribution < -0.4 is 4.74 Å². The molecule has 2 rings (SSSR count). The molecule has 20 heavy (non-hydrogen) atoms. The van der Waals surface area contributed by atoms with Crippen LogP contribution in [0, 0.1) is 11.8 Å². The maximum atomic E-state index is 13.5. The van der Waals surface area contributed by atoms with Crippen LogP contribution in [0.1, 0.15) is 5.56 Å². The maximum absolute atomic E-state index is 13.5. The number of rotatable bonds is 2. The van der Waals surface area contributed by atoms with Gasteiger partial charge in [0.15, 0.2) is 17.2 Å². The first-order valence-corrected chi connectivity index (χ1v) is 5.14. The van der Waals surface area contributed by atoms with Gasteiger partial charge in [-0.25, -0.2) is 9.37 Å². The van der Waals surface area contributed by atoms with Crippen LogP contribution in [-0.2, 0) is 6.18 Å². The quantitative estimate of drug-likeness (QED) is 0.630. The Labute approximate surface area is 109 Å². The summed E-state index contributed by atoms with van der Waals surface area (Å²) in [7, 11) is 0.884. The van der Waals surface area contributed by atoms with E-state index in [1.54, 1.807) is 0 Å². The summed E-state index contributed by atoms with van der Waals surface area (Å²) in [6.07, 6.45) is -3.86. The Balaban J connectivity index is 2.66. The highest BCUT2D eigenvalue weighted by atomic mass is 19.4. The summed E-state index contributed by atoms with van der Waals surface area (Å²) < 4.78 is 69.2. The van der Waals surface area contributed by atoms with Gasteiger partial charge in [0.05, 0.1) is 7.11 Å². The van der Waals surface area contributed by atoms with Crippen molar-refractivity contribution in [2.24, 2.45) is 0 Å². The Morgan fingerprint density at radius 3 is 2.40 bits per heavy atom. The number of halogens is 5. The van der Waals surface area contributed by atoms with Gasteiger partial charge in [-0.3, -0.25) is 0 Å². The molecule has 0 N–H and O–H groups in total. The minimum atomic E-state index is -5.03. The van der Waals surface area contributed by atoms with Crippen LogP contribution in [0.25, 0.3) is 11.5 Å². The predicted octanol–water partition coefficient (Wildman–Crippen LogP) is 2.84. The molecular formula is C11H6F5N3O.